The summed E-state index contributed by atoms with van der Waals surface area (Å²) in [7, 11) is 0. The van der Waals surface area contributed by atoms with Crippen molar-refractivity contribution in [3.05, 3.63) is 29.8 Å². The molecule has 2 rings (SSSR count). The van der Waals surface area contributed by atoms with Crippen molar-refractivity contribution in [2.45, 2.75) is 18.9 Å². The topological polar surface area (TPSA) is 29.3 Å². The summed E-state index contributed by atoms with van der Waals surface area (Å²) in [6.45, 7) is 1.77. The van der Waals surface area contributed by atoms with E-state index in [0.29, 0.717) is 0 Å². The highest BCUT2D eigenvalue weighted by Crippen LogP contribution is 2.22. The molecule has 1 heterocycles. The molecule has 1 aliphatic rings. The van der Waals surface area contributed by atoms with E-state index < -0.39 is 12.7 Å². The number of benzene rings is 1. The van der Waals surface area contributed by atoms with Crippen molar-refractivity contribution in [3.63, 3.8) is 0 Å². The first-order valence-electron chi connectivity index (χ1n) is 5.47. The van der Waals surface area contributed by atoms with Crippen molar-refractivity contribution < 1.29 is 4.39 Å². The Hall–Kier alpha value is -0.800. The maximum Gasteiger partial charge on any atom is 0.109 e. The van der Waals surface area contributed by atoms with Crippen LogP contribution in [0.3, 0.4) is 0 Å². The first-order chi connectivity index (χ1) is 7.31. The van der Waals surface area contributed by atoms with Gasteiger partial charge in [-0.1, -0.05) is 12.1 Å². The highest BCUT2D eigenvalue weighted by atomic mass is 35.5. The lowest BCUT2D eigenvalue weighted by molar-refractivity contribution is 0.437. The van der Waals surface area contributed by atoms with Crippen LogP contribution in [0.15, 0.2) is 24.3 Å². The molecule has 16 heavy (non-hydrogen) atoms. The van der Waals surface area contributed by atoms with Gasteiger partial charge in [0.05, 0.1) is 6.04 Å². The summed E-state index contributed by atoms with van der Waals surface area (Å²) in [5, 5.41) is 0. The number of alkyl halides is 1. The Morgan fingerprint density at radius 3 is 2.25 bits per heavy atom. The lowest BCUT2D eigenvalue weighted by Crippen LogP contribution is -2.18. The molecule has 0 radical (unpaired) electrons. The fourth-order valence-electron chi connectivity index (χ4n) is 2.00. The van der Waals surface area contributed by atoms with E-state index >= 15 is 0 Å². The molecule has 0 spiro atoms. The average molecular weight is 245 g/mol. The third-order valence-corrected chi connectivity index (χ3v) is 2.96. The zero-order chi connectivity index (χ0) is 10.7. The molecule has 2 nitrogen and oxygen atoms in total. The molecule has 1 fully saturated rings. The minimum atomic E-state index is -0.497. The Balaban J connectivity index is 0.00000128. The van der Waals surface area contributed by atoms with E-state index in [-0.39, 0.29) is 12.4 Å². The maximum atomic E-state index is 12.3. The van der Waals surface area contributed by atoms with E-state index in [1.54, 1.807) is 0 Å². The maximum absolute atomic E-state index is 12.3. The van der Waals surface area contributed by atoms with Crippen LogP contribution < -0.4 is 10.6 Å². The highest BCUT2D eigenvalue weighted by molar-refractivity contribution is 5.85. The molecular formula is C12H18ClFN2. The molecule has 1 atom stereocenters. The van der Waals surface area contributed by atoms with Gasteiger partial charge in [-0.3, -0.25) is 0 Å². The molecule has 0 aliphatic carbocycles. The molecule has 0 amide bonds. The summed E-state index contributed by atoms with van der Waals surface area (Å²) in [5.41, 5.74) is 7.71. The Labute approximate surface area is 102 Å². The van der Waals surface area contributed by atoms with Crippen LogP contribution in [0.5, 0.6) is 0 Å². The lowest BCUT2D eigenvalue weighted by Gasteiger charge is -2.18. The predicted molar refractivity (Wildman–Crippen MR) is 68.0 cm³/mol. The first kappa shape index (κ1) is 13.3. The van der Waals surface area contributed by atoms with Crippen molar-refractivity contribution in [3.8, 4) is 0 Å². The molecular weight excluding hydrogens is 227 g/mol. The number of nitrogens with zero attached hydrogens (tertiary/aromatic N) is 1. The minimum absolute atomic E-state index is 0. The van der Waals surface area contributed by atoms with Gasteiger partial charge in [0.15, 0.2) is 0 Å². The molecule has 2 N–H and O–H groups in total. The van der Waals surface area contributed by atoms with Gasteiger partial charge in [-0.25, -0.2) is 4.39 Å². The summed E-state index contributed by atoms with van der Waals surface area (Å²) in [4.78, 5) is 2.35. The normalized spacial score (nSPS) is 17.0. The molecule has 90 valence electrons. The smallest absolute Gasteiger partial charge is 0.109 e. The summed E-state index contributed by atoms with van der Waals surface area (Å²) < 4.78 is 12.3. The third-order valence-electron chi connectivity index (χ3n) is 2.96. The van der Waals surface area contributed by atoms with Gasteiger partial charge in [0.1, 0.15) is 6.67 Å². The summed E-state index contributed by atoms with van der Waals surface area (Å²) in [5.74, 6) is 0. The largest absolute Gasteiger partial charge is 0.372 e. The van der Waals surface area contributed by atoms with Crippen LogP contribution in [0.2, 0.25) is 0 Å². The predicted octanol–water partition coefficient (Wildman–Crippen LogP) is 2.68. The molecule has 0 bridgehead atoms. The van der Waals surface area contributed by atoms with Crippen molar-refractivity contribution in [2.75, 3.05) is 24.7 Å². The number of anilines is 1. The molecule has 1 aromatic rings. The number of halogens is 2. The number of nitrogens with two attached hydrogens (primary N) is 1. The van der Waals surface area contributed by atoms with Crippen LogP contribution in [-0.4, -0.2) is 19.8 Å². The van der Waals surface area contributed by atoms with Crippen LogP contribution in [0.25, 0.3) is 0 Å². The van der Waals surface area contributed by atoms with Crippen molar-refractivity contribution in [2.24, 2.45) is 5.73 Å². The Bertz CT molecular complexity index is 309. The van der Waals surface area contributed by atoms with Gasteiger partial charge in [0.25, 0.3) is 0 Å². The van der Waals surface area contributed by atoms with Gasteiger partial charge in [-0.2, -0.15) is 0 Å². The van der Waals surface area contributed by atoms with Crippen molar-refractivity contribution in [1.82, 2.24) is 0 Å². The number of hydrogen-bond acceptors (Lipinski definition) is 2. The van der Waals surface area contributed by atoms with E-state index in [2.05, 4.69) is 4.90 Å². The summed E-state index contributed by atoms with van der Waals surface area (Å²) >= 11 is 0. The fourth-order valence-corrected chi connectivity index (χ4v) is 2.00. The molecule has 1 aliphatic heterocycles. The van der Waals surface area contributed by atoms with E-state index in [1.807, 2.05) is 24.3 Å². The zero-order valence-corrected chi connectivity index (χ0v) is 10.0. The highest BCUT2D eigenvalue weighted by Gasteiger charge is 2.12. The second kappa shape index (κ2) is 6.06. The summed E-state index contributed by atoms with van der Waals surface area (Å²) in [6, 6.07) is 7.46. The molecule has 4 heteroatoms. The SMILES string of the molecule is Cl.N[C@@H](CF)c1ccc(N2CCCC2)cc1. The average Bonchev–Trinajstić information content (AvgIpc) is 2.82. The van der Waals surface area contributed by atoms with Crippen molar-refractivity contribution >= 4 is 18.1 Å². The molecule has 1 saturated heterocycles. The first-order valence-corrected chi connectivity index (χ1v) is 5.47. The van der Waals surface area contributed by atoms with Gasteiger partial charge >= 0.3 is 0 Å². The molecule has 0 unspecified atom stereocenters. The molecule has 1 aromatic carbocycles. The molecule has 0 aromatic heterocycles. The monoisotopic (exact) mass is 244 g/mol. The van der Waals surface area contributed by atoms with E-state index in [9.17, 15) is 4.39 Å². The van der Waals surface area contributed by atoms with Gasteiger partial charge in [0, 0.05) is 18.8 Å². The Kier molecular flexibility index (Phi) is 5.03. The van der Waals surface area contributed by atoms with Gasteiger partial charge < -0.3 is 10.6 Å². The fraction of sp³-hybridized carbons (Fsp3) is 0.500. The van der Waals surface area contributed by atoms with Crippen molar-refractivity contribution in [1.29, 1.82) is 0 Å². The van der Waals surface area contributed by atoms with Crippen LogP contribution in [0, 0.1) is 0 Å². The van der Waals surface area contributed by atoms with Gasteiger partial charge in [-0.05, 0) is 30.5 Å². The van der Waals surface area contributed by atoms with E-state index in [1.165, 1.54) is 18.5 Å². The molecule has 0 saturated carbocycles. The van der Waals surface area contributed by atoms with Gasteiger partial charge in [-0.15, -0.1) is 12.4 Å². The van der Waals surface area contributed by atoms with E-state index in [4.69, 9.17) is 5.73 Å². The van der Waals surface area contributed by atoms with Gasteiger partial charge in [0.2, 0.25) is 0 Å². The standard InChI is InChI=1S/C12H17FN2.ClH/c13-9-12(14)10-3-5-11(6-4-10)15-7-1-2-8-15;/h3-6,12H,1-2,7-9,14H2;1H/t12-;/m0./s1. The van der Waals surface area contributed by atoms with Crippen LogP contribution in [0.1, 0.15) is 24.4 Å². The van der Waals surface area contributed by atoms with Crippen LogP contribution >= 0.6 is 12.4 Å². The summed E-state index contributed by atoms with van der Waals surface area (Å²) in [6.07, 6.45) is 2.54. The number of rotatable bonds is 3. The minimum Gasteiger partial charge on any atom is -0.372 e. The quantitative estimate of drug-likeness (QED) is 0.886. The van der Waals surface area contributed by atoms with E-state index in [0.717, 1.165) is 18.7 Å². The Morgan fingerprint density at radius 1 is 1.19 bits per heavy atom. The third kappa shape index (κ3) is 2.86. The van der Waals surface area contributed by atoms with Crippen LogP contribution in [-0.2, 0) is 0 Å². The second-order valence-electron chi connectivity index (χ2n) is 4.05. The second-order valence-corrected chi connectivity index (χ2v) is 4.05. The Morgan fingerprint density at radius 2 is 1.75 bits per heavy atom. The zero-order valence-electron chi connectivity index (χ0n) is 9.23. The lowest BCUT2D eigenvalue weighted by atomic mass is 10.1. The van der Waals surface area contributed by atoms with Crippen LogP contribution in [0.4, 0.5) is 10.1 Å². The number of hydrogen-bond donors (Lipinski definition) is 1.